The number of nitrogens with two attached hydrogens (primary N) is 1. The van der Waals surface area contributed by atoms with Crippen molar-refractivity contribution >= 4 is 42.8 Å². The Kier molecular flexibility index (Phi) is 18.3. The van der Waals surface area contributed by atoms with E-state index in [0.29, 0.717) is 0 Å². The van der Waals surface area contributed by atoms with Gasteiger partial charge in [0, 0.05) is 6.42 Å². The first-order valence-corrected chi connectivity index (χ1v) is 4.98. The smallest absolute Gasteiger partial charge is 0.790 e. The normalized spacial score (nSPS) is 10.8. The summed E-state index contributed by atoms with van der Waals surface area (Å²) in [6.45, 7) is 0. The summed E-state index contributed by atoms with van der Waals surface area (Å²) in [6, 6.07) is -1.06. The van der Waals surface area contributed by atoms with E-state index in [1.54, 1.807) is 0 Å². The standard InChI is InChI=1S/C5H9NO4.Mg.H3N.H3O4P/c6-3(5(9)10)1-2-4(7)8;;;1-5(2,3)4/h3H,1-2,6H2,(H,7,8)(H,9,10);;1H3;(H3,1,2,3,4)/q;+2;;/p-2. The molecule has 0 aromatic rings. The third-order valence-electron chi connectivity index (χ3n) is 0.986. The van der Waals surface area contributed by atoms with Crippen molar-refractivity contribution in [2.45, 2.75) is 18.9 Å². The van der Waals surface area contributed by atoms with Crippen LogP contribution < -0.4 is 21.7 Å². The van der Waals surface area contributed by atoms with Crippen molar-refractivity contribution in [3.05, 3.63) is 0 Å². The zero-order chi connectivity index (χ0) is 12.6. The number of carboxylic acid groups (broad SMARTS) is 2. The molecule has 0 amide bonds. The first-order valence-electron chi connectivity index (χ1n) is 3.49. The van der Waals surface area contributed by atoms with Crippen molar-refractivity contribution in [3.63, 3.8) is 0 Å². The van der Waals surface area contributed by atoms with Crippen LogP contribution in [0.2, 0.25) is 0 Å². The van der Waals surface area contributed by atoms with Gasteiger partial charge in [0.15, 0.2) is 0 Å². The molecule has 12 heteroatoms. The molecule has 0 aromatic carbocycles. The van der Waals surface area contributed by atoms with Gasteiger partial charge in [0.25, 0.3) is 0 Å². The molecular weight excluding hydrogens is 271 g/mol. The van der Waals surface area contributed by atoms with Crippen molar-refractivity contribution in [3.8, 4) is 0 Å². The summed E-state index contributed by atoms with van der Waals surface area (Å²) < 4.78 is 8.66. The van der Waals surface area contributed by atoms with Gasteiger partial charge in [-0.2, -0.15) is 0 Å². The summed E-state index contributed by atoms with van der Waals surface area (Å²) in [6.07, 6.45) is -0.224. The summed E-state index contributed by atoms with van der Waals surface area (Å²) in [7, 11) is -5.14. The van der Waals surface area contributed by atoms with E-state index in [0.717, 1.165) is 0 Å². The zero-order valence-corrected chi connectivity index (χ0v) is 11.1. The van der Waals surface area contributed by atoms with Gasteiger partial charge in [-0.25, -0.2) is 0 Å². The number of hydrogen-bond donors (Lipinski definition) is 5. The van der Waals surface area contributed by atoms with Crippen molar-refractivity contribution in [1.29, 1.82) is 0 Å². The predicted molar refractivity (Wildman–Crippen MR) is 53.1 cm³/mol. The van der Waals surface area contributed by atoms with Gasteiger partial charge in [-0.3, -0.25) is 9.59 Å². The van der Waals surface area contributed by atoms with Crippen LogP contribution in [0.5, 0.6) is 0 Å². The van der Waals surface area contributed by atoms with E-state index in [2.05, 4.69) is 0 Å². The van der Waals surface area contributed by atoms with Crippen LogP contribution in [-0.2, 0) is 14.2 Å². The van der Waals surface area contributed by atoms with Gasteiger partial charge in [-0.1, -0.05) is 0 Å². The third kappa shape index (κ3) is 38.9. The summed E-state index contributed by atoms with van der Waals surface area (Å²) in [5.41, 5.74) is 5.00. The van der Waals surface area contributed by atoms with Gasteiger partial charge in [0.2, 0.25) is 0 Å². The topological polar surface area (TPSA) is 219 Å². The Morgan fingerprint density at radius 3 is 1.76 bits per heavy atom. The maximum atomic E-state index is 9.99. The Morgan fingerprint density at radius 2 is 1.59 bits per heavy atom. The number of carboxylic acids is 2. The molecule has 98 valence electrons. The third-order valence-corrected chi connectivity index (χ3v) is 0.986. The van der Waals surface area contributed by atoms with E-state index in [9.17, 15) is 9.59 Å². The Morgan fingerprint density at radius 1 is 1.29 bits per heavy atom. The molecule has 0 aromatic heterocycles. The van der Waals surface area contributed by atoms with Crippen LogP contribution in [0.4, 0.5) is 0 Å². The molecule has 0 saturated carbocycles. The minimum Gasteiger partial charge on any atom is -0.790 e. The second kappa shape index (κ2) is 12.2. The van der Waals surface area contributed by atoms with Crippen LogP contribution in [0.3, 0.4) is 0 Å². The van der Waals surface area contributed by atoms with Crippen molar-refractivity contribution in [1.82, 2.24) is 6.15 Å². The minimum absolute atomic E-state index is 0. The van der Waals surface area contributed by atoms with Crippen LogP contribution in [0.15, 0.2) is 0 Å². The van der Waals surface area contributed by atoms with Crippen LogP contribution >= 0.6 is 7.82 Å². The molecule has 0 fully saturated rings. The largest absolute Gasteiger partial charge is 2.00 e. The Balaban J connectivity index is -0.000000105. The number of aliphatic carboxylic acids is 2. The van der Waals surface area contributed by atoms with Gasteiger partial charge in [0.05, 0.1) is 7.82 Å². The second-order valence-electron chi connectivity index (χ2n) is 2.35. The Bertz CT molecular complexity index is 260. The van der Waals surface area contributed by atoms with Crippen molar-refractivity contribution in [2.75, 3.05) is 0 Å². The average Bonchev–Trinajstić information content (AvgIpc) is 1.96. The molecule has 0 spiro atoms. The van der Waals surface area contributed by atoms with Crippen LogP contribution in [0.25, 0.3) is 0 Å². The molecule has 0 radical (unpaired) electrons. The van der Waals surface area contributed by atoms with Crippen LogP contribution in [0, 0.1) is 0 Å². The molecule has 17 heavy (non-hydrogen) atoms. The number of hydrogen-bond acceptors (Lipinski definition) is 7. The minimum atomic E-state index is -5.14. The maximum Gasteiger partial charge on any atom is 2.00 e. The zero-order valence-electron chi connectivity index (χ0n) is 8.81. The fraction of sp³-hybridized carbons (Fsp3) is 0.600. The van der Waals surface area contributed by atoms with Gasteiger partial charge in [-0.15, -0.1) is 0 Å². The molecular formula is C5H13MgN2O8P. The van der Waals surface area contributed by atoms with Gasteiger partial charge < -0.3 is 41.3 Å². The molecule has 0 bridgehead atoms. The fourth-order valence-electron chi connectivity index (χ4n) is 0.402. The Labute approximate surface area is 113 Å². The van der Waals surface area contributed by atoms with Gasteiger partial charge in [0.1, 0.15) is 6.04 Å². The second-order valence-corrected chi connectivity index (χ2v) is 3.28. The predicted octanol–water partition coefficient (Wildman–Crippen LogP) is -3.15. The molecule has 0 aliphatic heterocycles. The monoisotopic (exact) mass is 284 g/mol. The molecule has 8 N–H and O–H groups in total. The quantitative estimate of drug-likeness (QED) is 0.257. The van der Waals surface area contributed by atoms with Gasteiger partial charge >= 0.3 is 35.0 Å². The molecule has 0 aliphatic rings. The number of carbonyl (C=O) groups is 2. The molecule has 1 atom stereocenters. The first-order chi connectivity index (χ1) is 6.54. The SMILES string of the molecule is N.NC(CCC(=O)O)C(=O)O.O=P([O-])([O-])O.[Mg+2]. The van der Waals surface area contributed by atoms with E-state index in [4.69, 9.17) is 35.2 Å². The maximum absolute atomic E-state index is 9.99. The molecule has 10 nitrogen and oxygen atoms in total. The van der Waals surface area contributed by atoms with E-state index < -0.39 is 25.8 Å². The summed E-state index contributed by atoms with van der Waals surface area (Å²) in [4.78, 5) is 44.2. The molecule has 0 heterocycles. The summed E-state index contributed by atoms with van der Waals surface area (Å²) in [5, 5.41) is 16.3. The summed E-state index contributed by atoms with van der Waals surface area (Å²) >= 11 is 0. The summed E-state index contributed by atoms with van der Waals surface area (Å²) in [5.74, 6) is -2.20. The molecule has 1 unspecified atom stereocenters. The first kappa shape index (κ1) is 25.5. The molecule has 0 rings (SSSR count). The van der Waals surface area contributed by atoms with Crippen LogP contribution in [-0.4, -0.2) is 56.1 Å². The molecule has 0 aliphatic carbocycles. The fourth-order valence-corrected chi connectivity index (χ4v) is 0.402. The van der Waals surface area contributed by atoms with E-state index in [-0.39, 0.29) is 42.0 Å². The van der Waals surface area contributed by atoms with Crippen LogP contribution in [0.1, 0.15) is 12.8 Å². The number of rotatable bonds is 4. The van der Waals surface area contributed by atoms with Crippen molar-refractivity contribution < 1.29 is 39.0 Å². The average molecular weight is 284 g/mol. The van der Waals surface area contributed by atoms with Gasteiger partial charge in [-0.05, 0) is 6.42 Å². The van der Waals surface area contributed by atoms with E-state index >= 15 is 0 Å². The van der Waals surface area contributed by atoms with E-state index in [1.807, 2.05) is 0 Å². The Hall–Kier alpha value is -0.264. The van der Waals surface area contributed by atoms with E-state index in [1.165, 1.54) is 0 Å². The number of phosphoric acid groups is 1. The van der Waals surface area contributed by atoms with Crippen molar-refractivity contribution in [2.24, 2.45) is 5.73 Å². The molecule has 0 saturated heterocycles.